The van der Waals surface area contributed by atoms with Crippen molar-refractivity contribution in [2.45, 2.75) is 45.1 Å². The van der Waals surface area contributed by atoms with Crippen LogP contribution < -0.4 is 0 Å². The molecule has 0 aromatic carbocycles. The molecule has 0 spiro atoms. The average molecular weight is 238 g/mol. The van der Waals surface area contributed by atoms with Crippen molar-refractivity contribution in [1.29, 1.82) is 0 Å². The molecular weight excluding hydrogens is 220 g/mol. The number of hydrogen-bond acceptors (Lipinski definition) is 4. The maximum atomic E-state index is 11.4. The molecule has 0 N–H and O–H groups in total. The Balaban J connectivity index is 2.05. The van der Waals surface area contributed by atoms with Gasteiger partial charge in [0.25, 0.3) is 0 Å². The van der Waals surface area contributed by atoms with Crippen molar-refractivity contribution in [2.24, 2.45) is 5.92 Å². The first-order chi connectivity index (χ1) is 8.20. The van der Waals surface area contributed by atoms with Crippen molar-refractivity contribution in [1.82, 2.24) is 0 Å². The zero-order valence-electron chi connectivity index (χ0n) is 10.1. The summed E-state index contributed by atoms with van der Waals surface area (Å²) in [6, 6.07) is 0. The quantitative estimate of drug-likeness (QED) is 0.694. The summed E-state index contributed by atoms with van der Waals surface area (Å²) in [5, 5.41) is 0. The summed E-state index contributed by atoms with van der Waals surface area (Å²) in [6.45, 7) is 2.06. The molecule has 2 aliphatic rings. The third kappa shape index (κ3) is 2.87. The van der Waals surface area contributed by atoms with Gasteiger partial charge in [-0.2, -0.15) is 0 Å². The van der Waals surface area contributed by atoms with E-state index in [1.54, 1.807) is 13.0 Å². The van der Waals surface area contributed by atoms with Crippen LogP contribution in [0, 0.1) is 5.92 Å². The van der Waals surface area contributed by atoms with Gasteiger partial charge in [-0.05, 0) is 50.2 Å². The van der Waals surface area contributed by atoms with E-state index in [9.17, 15) is 9.59 Å². The van der Waals surface area contributed by atoms with E-state index >= 15 is 0 Å². The summed E-state index contributed by atoms with van der Waals surface area (Å²) in [7, 11) is 0. The fourth-order valence-corrected chi connectivity index (χ4v) is 2.64. The van der Waals surface area contributed by atoms with Crippen LogP contribution in [0.1, 0.15) is 39.0 Å². The van der Waals surface area contributed by atoms with Crippen molar-refractivity contribution in [3.8, 4) is 0 Å². The number of ether oxygens (including phenoxy) is 2. The van der Waals surface area contributed by atoms with Gasteiger partial charge in [0.05, 0.1) is 6.61 Å². The molecule has 1 saturated carbocycles. The van der Waals surface area contributed by atoms with Crippen LogP contribution in [0.2, 0.25) is 0 Å². The molecule has 0 saturated heterocycles. The van der Waals surface area contributed by atoms with E-state index < -0.39 is 6.16 Å². The topological polar surface area (TPSA) is 52.6 Å². The van der Waals surface area contributed by atoms with Crippen LogP contribution in [-0.2, 0) is 14.3 Å². The molecular formula is C13H18O4. The highest BCUT2D eigenvalue weighted by atomic mass is 16.7. The predicted molar refractivity (Wildman–Crippen MR) is 61.6 cm³/mol. The summed E-state index contributed by atoms with van der Waals surface area (Å²) in [5.74, 6) is 0.566. The van der Waals surface area contributed by atoms with Crippen molar-refractivity contribution >= 4 is 11.9 Å². The van der Waals surface area contributed by atoms with Gasteiger partial charge in [0.2, 0.25) is 0 Å². The molecule has 4 heteroatoms. The molecule has 0 aliphatic heterocycles. The molecule has 94 valence electrons. The smallest absolute Gasteiger partial charge is 0.435 e. The van der Waals surface area contributed by atoms with Crippen molar-refractivity contribution in [3.63, 3.8) is 0 Å². The molecule has 0 unspecified atom stereocenters. The third-order valence-corrected chi connectivity index (χ3v) is 3.43. The van der Waals surface area contributed by atoms with Crippen LogP contribution in [-0.4, -0.2) is 24.6 Å². The summed E-state index contributed by atoms with van der Waals surface area (Å²) >= 11 is 0. The second-order valence-electron chi connectivity index (χ2n) is 4.57. The molecule has 0 aromatic rings. The highest BCUT2D eigenvalue weighted by Gasteiger charge is 2.33. The van der Waals surface area contributed by atoms with Crippen LogP contribution in [0.5, 0.6) is 0 Å². The van der Waals surface area contributed by atoms with Gasteiger partial charge in [0.1, 0.15) is 6.10 Å². The molecule has 0 bridgehead atoms. The number of carbonyl (C=O) groups is 2. The van der Waals surface area contributed by atoms with E-state index in [1.165, 1.54) is 0 Å². The van der Waals surface area contributed by atoms with Crippen LogP contribution in [0.25, 0.3) is 0 Å². The van der Waals surface area contributed by atoms with Gasteiger partial charge >= 0.3 is 6.16 Å². The van der Waals surface area contributed by atoms with E-state index in [-0.39, 0.29) is 11.9 Å². The highest BCUT2D eigenvalue weighted by molar-refractivity contribution is 5.91. The number of ketones is 1. The van der Waals surface area contributed by atoms with E-state index in [1.807, 2.05) is 0 Å². The molecule has 4 nitrogen and oxygen atoms in total. The van der Waals surface area contributed by atoms with Gasteiger partial charge in [0.15, 0.2) is 5.78 Å². The highest BCUT2D eigenvalue weighted by Crippen LogP contribution is 2.37. The minimum Gasteiger partial charge on any atom is -0.435 e. The minimum absolute atomic E-state index is 0.149. The molecule has 0 heterocycles. The van der Waals surface area contributed by atoms with Gasteiger partial charge in [-0.1, -0.05) is 0 Å². The molecule has 2 aliphatic carbocycles. The average Bonchev–Trinajstić information content (AvgIpc) is 2.30. The largest absolute Gasteiger partial charge is 0.508 e. The lowest BCUT2D eigenvalue weighted by Gasteiger charge is -2.33. The monoisotopic (exact) mass is 238 g/mol. The van der Waals surface area contributed by atoms with E-state index in [0.29, 0.717) is 18.9 Å². The Kier molecular flexibility index (Phi) is 3.82. The number of rotatable bonds is 2. The maximum Gasteiger partial charge on any atom is 0.508 e. The second kappa shape index (κ2) is 5.34. The fourth-order valence-electron chi connectivity index (χ4n) is 2.64. The fraction of sp³-hybridized carbons (Fsp3) is 0.692. The summed E-state index contributed by atoms with van der Waals surface area (Å²) in [5.41, 5.74) is 1.00. The number of hydrogen-bond donors (Lipinski definition) is 0. The molecule has 0 amide bonds. The number of allylic oxidation sites excluding steroid dienone is 1. The molecule has 17 heavy (non-hydrogen) atoms. The first-order valence-electron chi connectivity index (χ1n) is 6.28. The molecule has 2 atom stereocenters. The Morgan fingerprint density at radius 1 is 1.41 bits per heavy atom. The summed E-state index contributed by atoms with van der Waals surface area (Å²) < 4.78 is 10.0. The normalized spacial score (nSPS) is 28.1. The minimum atomic E-state index is -0.628. The van der Waals surface area contributed by atoms with E-state index in [0.717, 1.165) is 31.3 Å². The Labute approximate surface area is 101 Å². The van der Waals surface area contributed by atoms with Crippen molar-refractivity contribution in [3.05, 3.63) is 11.6 Å². The molecule has 0 radical (unpaired) electrons. The summed E-state index contributed by atoms with van der Waals surface area (Å²) in [4.78, 5) is 22.7. The Hall–Kier alpha value is -1.32. The lowest BCUT2D eigenvalue weighted by Crippen LogP contribution is -2.31. The first kappa shape index (κ1) is 12.1. The number of carbonyl (C=O) groups excluding carboxylic acids is 2. The maximum absolute atomic E-state index is 11.4. The van der Waals surface area contributed by atoms with Gasteiger partial charge in [0, 0.05) is 6.42 Å². The molecule has 1 fully saturated rings. The Morgan fingerprint density at radius 2 is 2.24 bits per heavy atom. The van der Waals surface area contributed by atoms with Crippen LogP contribution in [0.3, 0.4) is 0 Å². The predicted octanol–water partition coefficient (Wildman–Crippen LogP) is 2.62. The van der Waals surface area contributed by atoms with E-state index in [2.05, 4.69) is 0 Å². The lowest BCUT2D eigenvalue weighted by atomic mass is 9.76. The SMILES string of the molecule is CCOC(=O)O[C@H]1CCC[C@@H]2CCC(=O)C=C21. The van der Waals surface area contributed by atoms with Gasteiger partial charge in [-0.25, -0.2) is 4.79 Å². The Bertz CT molecular complexity index is 345. The van der Waals surface area contributed by atoms with E-state index in [4.69, 9.17) is 9.47 Å². The first-order valence-corrected chi connectivity index (χ1v) is 6.28. The zero-order chi connectivity index (χ0) is 12.3. The standard InChI is InChI=1S/C13H18O4/c1-2-16-13(15)17-12-5-3-4-9-6-7-10(14)8-11(9)12/h8-9,12H,2-7H2,1H3/t9-,12+/m1/s1. The van der Waals surface area contributed by atoms with Crippen LogP contribution in [0.4, 0.5) is 4.79 Å². The van der Waals surface area contributed by atoms with Gasteiger partial charge in [-0.15, -0.1) is 0 Å². The van der Waals surface area contributed by atoms with Crippen LogP contribution in [0.15, 0.2) is 11.6 Å². The Morgan fingerprint density at radius 3 is 3.00 bits per heavy atom. The van der Waals surface area contributed by atoms with Crippen molar-refractivity contribution in [2.75, 3.05) is 6.61 Å². The third-order valence-electron chi connectivity index (χ3n) is 3.43. The second-order valence-corrected chi connectivity index (χ2v) is 4.57. The van der Waals surface area contributed by atoms with Gasteiger partial charge in [-0.3, -0.25) is 4.79 Å². The van der Waals surface area contributed by atoms with Crippen LogP contribution >= 0.6 is 0 Å². The number of fused-ring (bicyclic) bond motifs is 1. The zero-order valence-corrected chi connectivity index (χ0v) is 10.1. The van der Waals surface area contributed by atoms with Crippen molar-refractivity contribution < 1.29 is 19.1 Å². The molecule has 2 rings (SSSR count). The summed E-state index contributed by atoms with van der Waals surface area (Å²) in [6.07, 6.45) is 5.26. The van der Waals surface area contributed by atoms with Gasteiger partial charge < -0.3 is 9.47 Å². The lowest BCUT2D eigenvalue weighted by molar-refractivity contribution is -0.115. The molecule has 0 aromatic heterocycles.